The summed E-state index contributed by atoms with van der Waals surface area (Å²) in [6.45, 7) is 8.56. The smallest absolute Gasteiger partial charge is 0.122 e. The summed E-state index contributed by atoms with van der Waals surface area (Å²) < 4.78 is 5.43. The molecule has 0 aliphatic carbocycles. The molecule has 0 radical (unpaired) electrons. The zero-order valence-electron chi connectivity index (χ0n) is 13.6. The molecule has 0 saturated heterocycles. The van der Waals surface area contributed by atoms with E-state index in [9.17, 15) is 0 Å². The molecule has 1 aromatic carbocycles. The first-order valence-electron chi connectivity index (χ1n) is 7.51. The molecular formula is C17H30N2O. The highest BCUT2D eigenvalue weighted by Crippen LogP contribution is 2.21. The first kappa shape index (κ1) is 17.0. The summed E-state index contributed by atoms with van der Waals surface area (Å²) in [6, 6.07) is 8.73. The summed E-state index contributed by atoms with van der Waals surface area (Å²) >= 11 is 0. The lowest BCUT2D eigenvalue weighted by atomic mass is 9.94. The minimum atomic E-state index is 0.471. The van der Waals surface area contributed by atoms with Crippen molar-refractivity contribution in [1.82, 2.24) is 4.90 Å². The maximum atomic E-state index is 5.87. The normalized spacial score (nSPS) is 14.6. The van der Waals surface area contributed by atoms with E-state index in [-0.39, 0.29) is 0 Å². The van der Waals surface area contributed by atoms with Crippen LogP contribution in [-0.2, 0) is 6.42 Å². The molecule has 0 aromatic heterocycles. The average Bonchev–Trinajstić information content (AvgIpc) is 2.44. The quantitative estimate of drug-likeness (QED) is 0.794. The minimum absolute atomic E-state index is 0.471. The van der Waals surface area contributed by atoms with Crippen molar-refractivity contribution >= 4 is 0 Å². The van der Waals surface area contributed by atoms with Gasteiger partial charge in [-0.1, -0.05) is 32.0 Å². The molecule has 0 aliphatic heterocycles. The standard InChI is InChI=1S/C17H30N2O/c1-13(2)16(11-18)12-19(4)14(3)10-15-8-6-7-9-17(15)20-5/h6-9,13-14,16H,10-12,18H2,1-5H3. The molecule has 1 aromatic rings. The number of hydrogen-bond acceptors (Lipinski definition) is 3. The highest BCUT2D eigenvalue weighted by molar-refractivity contribution is 5.33. The molecule has 3 heteroatoms. The van der Waals surface area contributed by atoms with E-state index in [0.29, 0.717) is 17.9 Å². The molecule has 3 nitrogen and oxygen atoms in total. The van der Waals surface area contributed by atoms with E-state index in [4.69, 9.17) is 10.5 Å². The summed E-state index contributed by atoms with van der Waals surface area (Å²) in [4.78, 5) is 2.41. The van der Waals surface area contributed by atoms with E-state index in [1.165, 1.54) is 5.56 Å². The highest BCUT2D eigenvalue weighted by atomic mass is 16.5. The molecule has 0 spiro atoms. The van der Waals surface area contributed by atoms with Crippen molar-refractivity contribution in [2.75, 3.05) is 27.2 Å². The monoisotopic (exact) mass is 278 g/mol. The summed E-state index contributed by atoms with van der Waals surface area (Å²) in [7, 11) is 3.92. The van der Waals surface area contributed by atoms with Crippen molar-refractivity contribution in [1.29, 1.82) is 0 Å². The minimum Gasteiger partial charge on any atom is -0.496 e. The molecule has 2 unspecified atom stereocenters. The van der Waals surface area contributed by atoms with Crippen molar-refractivity contribution in [2.24, 2.45) is 17.6 Å². The van der Waals surface area contributed by atoms with E-state index in [2.05, 4.69) is 44.9 Å². The Labute approximate surface area is 124 Å². The zero-order valence-corrected chi connectivity index (χ0v) is 13.6. The first-order valence-corrected chi connectivity index (χ1v) is 7.51. The van der Waals surface area contributed by atoms with Gasteiger partial charge in [-0.3, -0.25) is 0 Å². The highest BCUT2D eigenvalue weighted by Gasteiger charge is 2.18. The molecule has 0 aliphatic rings. The number of likely N-dealkylation sites (N-methyl/N-ethyl adjacent to an activating group) is 1. The third-order valence-electron chi connectivity index (χ3n) is 4.23. The molecule has 0 fully saturated rings. The van der Waals surface area contributed by atoms with Gasteiger partial charge in [-0.15, -0.1) is 0 Å². The molecule has 0 bridgehead atoms. The van der Waals surface area contributed by atoms with Crippen LogP contribution < -0.4 is 10.5 Å². The number of hydrogen-bond donors (Lipinski definition) is 1. The van der Waals surface area contributed by atoms with Crippen LogP contribution in [0.3, 0.4) is 0 Å². The zero-order chi connectivity index (χ0) is 15.1. The van der Waals surface area contributed by atoms with E-state index in [1.54, 1.807) is 7.11 Å². The maximum Gasteiger partial charge on any atom is 0.122 e. The first-order chi connectivity index (χ1) is 9.49. The van der Waals surface area contributed by atoms with Gasteiger partial charge in [0.15, 0.2) is 0 Å². The molecule has 2 N–H and O–H groups in total. The molecule has 0 heterocycles. The van der Waals surface area contributed by atoms with Crippen molar-refractivity contribution in [3.8, 4) is 5.75 Å². The third-order valence-corrected chi connectivity index (χ3v) is 4.23. The predicted octanol–water partition coefficient (Wildman–Crippen LogP) is 2.79. The van der Waals surface area contributed by atoms with Crippen LogP contribution in [0.2, 0.25) is 0 Å². The van der Waals surface area contributed by atoms with Gasteiger partial charge in [-0.2, -0.15) is 0 Å². The fourth-order valence-electron chi connectivity index (χ4n) is 2.45. The molecule has 1 rings (SSSR count). The number of nitrogens with two attached hydrogens (primary N) is 1. The molecule has 0 saturated carbocycles. The Morgan fingerprint density at radius 2 is 1.85 bits per heavy atom. The van der Waals surface area contributed by atoms with Crippen molar-refractivity contribution < 1.29 is 4.74 Å². The predicted molar refractivity (Wildman–Crippen MR) is 86.2 cm³/mol. The van der Waals surface area contributed by atoms with Crippen LogP contribution in [0.1, 0.15) is 26.3 Å². The van der Waals surface area contributed by atoms with Gasteiger partial charge in [0.25, 0.3) is 0 Å². The van der Waals surface area contributed by atoms with Gasteiger partial charge in [-0.05, 0) is 50.4 Å². The Kier molecular flexibility index (Phi) is 7.03. The van der Waals surface area contributed by atoms with E-state index < -0.39 is 0 Å². The summed E-state index contributed by atoms with van der Waals surface area (Å²) in [5.41, 5.74) is 7.14. The van der Waals surface area contributed by atoms with E-state index >= 15 is 0 Å². The van der Waals surface area contributed by atoms with Crippen LogP contribution in [0.15, 0.2) is 24.3 Å². The molecule has 20 heavy (non-hydrogen) atoms. The van der Waals surface area contributed by atoms with Crippen LogP contribution in [-0.4, -0.2) is 38.2 Å². The number of nitrogens with zero attached hydrogens (tertiary/aromatic N) is 1. The van der Waals surface area contributed by atoms with Crippen molar-refractivity contribution in [3.05, 3.63) is 29.8 Å². The third kappa shape index (κ3) is 4.80. The second-order valence-electron chi connectivity index (χ2n) is 6.04. The molecular weight excluding hydrogens is 248 g/mol. The SMILES string of the molecule is COc1ccccc1CC(C)N(C)CC(CN)C(C)C. The fourth-order valence-corrected chi connectivity index (χ4v) is 2.45. The number of benzene rings is 1. The van der Waals surface area contributed by atoms with E-state index in [1.807, 2.05) is 12.1 Å². The van der Waals surface area contributed by atoms with Gasteiger partial charge in [0, 0.05) is 12.6 Å². The Bertz CT molecular complexity index is 392. The average molecular weight is 278 g/mol. The van der Waals surface area contributed by atoms with Gasteiger partial charge >= 0.3 is 0 Å². The van der Waals surface area contributed by atoms with E-state index in [0.717, 1.165) is 25.3 Å². The Morgan fingerprint density at radius 1 is 1.20 bits per heavy atom. The number of ether oxygens (including phenoxy) is 1. The fraction of sp³-hybridized carbons (Fsp3) is 0.647. The van der Waals surface area contributed by atoms with Gasteiger partial charge in [0.05, 0.1) is 7.11 Å². The lowest BCUT2D eigenvalue weighted by molar-refractivity contribution is 0.193. The van der Waals surface area contributed by atoms with Gasteiger partial charge in [0.1, 0.15) is 5.75 Å². The maximum absolute atomic E-state index is 5.87. The largest absolute Gasteiger partial charge is 0.496 e. The second-order valence-corrected chi connectivity index (χ2v) is 6.04. The molecule has 0 amide bonds. The Morgan fingerprint density at radius 3 is 2.40 bits per heavy atom. The molecule has 2 atom stereocenters. The number of methoxy groups -OCH3 is 1. The van der Waals surface area contributed by atoms with Crippen LogP contribution in [0.4, 0.5) is 0 Å². The Hall–Kier alpha value is -1.06. The second kappa shape index (κ2) is 8.28. The van der Waals surface area contributed by atoms with Gasteiger partial charge in [-0.25, -0.2) is 0 Å². The van der Waals surface area contributed by atoms with Crippen molar-refractivity contribution in [3.63, 3.8) is 0 Å². The van der Waals surface area contributed by atoms with Crippen LogP contribution in [0.25, 0.3) is 0 Å². The number of para-hydroxylation sites is 1. The van der Waals surface area contributed by atoms with Crippen LogP contribution in [0.5, 0.6) is 5.75 Å². The molecule has 114 valence electrons. The van der Waals surface area contributed by atoms with Crippen LogP contribution >= 0.6 is 0 Å². The van der Waals surface area contributed by atoms with Gasteiger partial charge in [0.2, 0.25) is 0 Å². The topological polar surface area (TPSA) is 38.5 Å². The lowest BCUT2D eigenvalue weighted by Gasteiger charge is -2.30. The Balaban J connectivity index is 2.63. The number of rotatable bonds is 8. The van der Waals surface area contributed by atoms with Crippen molar-refractivity contribution in [2.45, 2.75) is 33.2 Å². The summed E-state index contributed by atoms with van der Waals surface area (Å²) in [5, 5.41) is 0. The van der Waals surface area contributed by atoms with Gasteiger partial charge < -0.3 is 15.4 Å². The van der Waals surface area contributed by atoms with Crippen LogP contribution in [0, 0.1) is 11.8 Å². The summed E-state index contributed by atoms with van der Waals surface area (Å²) in [5.74, 6) is 2.16. The lowest BCUT2D eigenvalue weighted by Crippen LogP contribution is -2.39. The summed E-state index contributed by atoms with van der Waals surface area (Å²) in [6.07, 6.45) is 0.996.